The minimum atomic E-state index is -0.375. The van der Waals surface area contributed by atoms with Crippen LogP contribution in [0.15, 0.2) is 24.3 Å². The number of benzene rings is 1. The lowest BCUT2D eigenvalue weighted by Gasteiger charge is -2.30. The van der Waals surface area contributed by atoms with Gasteiger partial charge in [-0.25, -0.2) is 4.39 Å². The van der Waals surface area contributed by atoms with E-state index in [-0.39, 0.29) is 17.8 Å². The van der Waals surface area contributed by atoms with E-state index >= 15 is 0 Å². The molecule has 1 amide bonds. The Balaban J connectivity index is 2.08. The van der Waals surface area contributed by atoms with E-state index in [4.69, 9.17) is 5.73 Å². The highest BCUT2D eigenvalue weighted by Crippen LogP contribution is 2.13. The highest BCUT2D eigenvalue weighted by molar-refractivity contribution is 5.94. The lowest BCUT2D eigenvalue weighted by Crippen LogP contribution is -2.42. The van der Waals surface area contributed by atoms with Crippen molar-refractivity contribution in [3.63, 3.8) is 0 Å². The van der Waals surface area contributed by atoms with Crippen LogP contribution in [0.3, 0.4) is 0 Å². The number of hydrogen-bond acceptors (Lipinski definition) is 2. The fraction of sp³-hybridized carbons (Fsp3) is 0.417. The minimum Gasteiger partial charge on any atom is -0.339 e. The smallest absolute Gasteiger partial charge is 0.253 e. The highest BCUT2D eigenvalue weighted by atomic mass is 19.1. The van der Waals surface area contributed by atoms with Crippen molar-refractivity contribution in [1.82, 2.24) is 4.90 Å². The molecule has 2 rings (SSSR count). The Morgan fingerprint density at radius 1 is 1.38 bits per heavy atom. The summed E-state index contributed by atoms with van der Waals surface area (Å²) < 4.78 is 13.0. The van der Waals surface area contributed by atoms with Gasteiger partial charge in [0.15, 0.2) is 0 Å². The number of carbonyl (C=O) groups excluding carboxylic acids is 1. The van der Waals surface area contributed by atoms with E-state index in [1.807, 2.05) is 0 Å². The Morgan fingerprint density at radius 2 is 2.06 bits per heavy atom. The van der Waals surface area contributed by atoms with Crippen LogP contribution < -0.4 is 5.73 Å². The number of piperidine rings is 1. The summed E-state index contributed by atoms with van der Waals surface area (Å²) in [5.41, 5.74) is 6.17. The Kier molecular flexibility index (Phi) is 3.19. The summed E-state index contributed by atoms with van der Waals surface area (Å²) in [6.45, 7) is 1.33. The second-order valence-electron chi connectivity index (χ2n) is 4.14. The van der Waals surface area contributed by atoms with Crippen LogP contribution in [0.2, 0.25) is 0 Å². The lowest BCUT2D eigenvalue weighted by atomic mass is 10.0. The maximum Gasteiger partial charge on any atom is 0.253 e. The normalized spacial score (nSPS) is 17.5. The molecular formula is C12H15FN2O. The third-order valence-corrected chi connectivity index (χ3v) is 2.90. The monoisotopic (exact) mass is 222 g/mol. The molecule has 0 saturated carbocycles. The number of nitrogens with two attached hydrogens (primary N) is 1. The number of carbonyl (C=O) groups is 1. The average molecular weight is 222 g/mol. The molecule has 1 aromatic rings. The van der Waals surface area contributed by atoms with Crippen LogP contribution in [0.5, 0.6) is 0 Å². The Hall–Kier alpha value is -1.42. The molecule has 0 atom stereocenters. The molecule has 1 aliphatic heterocycles. The van der Waals surface area contributed by atoms with E-state index in [9.17, 15) is 9.18 Å². The van der Waals surface area contributed by atoms with Crippen molar-refractivity contribution in [2.24, 2.45) is 5.73 Å². The molecule has 0 unspecified atom stereocenters. The molecule has 16 heavy (non-hydrogen) atoms. The molecule has 0 bridgehead atoms. The molecule has 1 aliphatic rings. The van der Waals surface area contributed by atoms with Gasteiger partial charge < -0.3 is 10.6 Å². The van der Waals surface area contributed by atoms with Crippen LogP contribution in [-0.2, 0) is 0 Å². The number of hydrogen-bond donors (Lipinski definition) is 1. The minimum absolute atomic E-state index is 0.105. The molecule has 4 heteroatoms. The maximum absolute atomic E-state index is 13.0. The SMILES string of the molecule is NC1CCN(C(=O)c2cccc(F)c2)CC1. The van der Waals surface area contributed by atoms with Crippen molar-refractivity contribution >= 4 is 5.91 Å². The van der Waals surface area contributed by atoms with Gasteiger partial charge in [0, 0.05) is 24.7 Å². The van der Waals surface area contributed by atoms with E-state index in [0.717, 1.165) is 12.8 Å². The first-order chi connectivity index (χ1) is 7.66. The van der Waals surface area contributed by atoms with Crippen molar-refractivity contribution < 1.29 is 9.18 Å². The molecule has 1 saturated heterocycles. The van der Waals surface area contributed by atoms with E-state index in [1.165, 1.54) is 12.1 Å². The van der Waals surface area contributed by atoms with E-state index < -0.39 is 0 Å². The Morgan fingerprint density at radius 3 is 2.69 bits per heavy atom. The second kappa shape index (κ2) is 4.61. The van der Waals surface area contributed by atoms with Gasteiger partial charge in [0.25, 0.3) is 5.91 Å². The van der Waals surface area contributed by atoms with Gasteiger partial charge in [-0.3, -0.25) is 4.79 Å². The summed E-state index contributed by atoms with van der Waals surface area (Å²) in [5, 5.41) is 0. The van der Waals surface area contributed by atoms with Gasteiger partial charge in [-0.2, -0.15) is 0 Å². The summed E-state index contributed by atoms with van der Waals surface area (Å²) in [4.78, 5) is 13.7. The van der Waals surface area contributed by atoms with Crippen LogP contribution in [0, 0.1) is 5.82 Å². The van der Waals surface area contributed by atoms with Crippen LogP contribution in [0.25, 0.3) is 0 Å². The zero-order valence-corrected chi connectivity index (χ0v) is 9.03. The Labute approximate surface area is 94.0 Å². The molecule has 0 aromatic heterocycles. The number of likely N-dealkylation sites (tertiary alicyclic amines) is 1. The molecule has 2 N–H and O–H groups in total. The van der Waals surface area contributed by atoms with Crippen LogP contribution in [0.1, 0.15) is 23.2 Å². The maximum atomic E-state index is 13.0. The van der Waals surface area contributed by atoms with Crippen LogP contribution >= 0.6 is 0 Å². The number of amides is 1. The second-order valence-corrected chi connectivity index (χ2v) is 4.14. The summed E-state index contributed by atoms with van der Waals surface area (Å²) in [5.74, 6) is -0.481. The third kappa shape index (κ3) is 2.39. The number of nitrogens with zero attached hydrogens (tertiary/aromatic N) is 1. The molecule has 0 spiro atoms. The largest absolute Gasteiger partial charge is 0.339 e. The average Bonchev–Trinajstić information content (AvgIpc) is 2.29. The van der Waals surface area contributed by atoms with E-state index in [1.54, 1.807) is 17.0 Å². The van der Waals surface area contributed by atoms with Gasteiger partial charge >= 0.3 is 0 Å². The molecule has 1 fully saturated rings. The zero-order valence-electron chi connectivity index (χ0n) is 9.03. The van der Waals surface area contributed by atoms with Gasteiger partial charge in [0.2, 0.25) is 0 Å². The third-order valence-electron chi connectivity index (χ3n) is 2.90. The highest BCUT2D eigenvalue weighted by Gasteiger charge is 2.21. The van der Waals surface area contributed by atoms with Gasteiger partial charge in [-0.15, -0.1) is 0 Å². The van der Waals surface area contributed by atoms with Crippen LogP contribution in [0.4, 0.5) is 4.39 Å². The van der Waals surface area contributed by atoms with E-state index in [2.05, 4.69) is 0 Å². The zero-order chi connectivity index (χ0) is 11.5. The predicted molar refractivity (Wildman–Crippen MR) is 59.5 cm³/mol. The van der Waals surface area contributed by atoms with Crippen LogP contribution in [-0.4, -0.2) is 29.9 Å². The van der Waals surface area contributed by atoms with Gasteiger partial charge in [-0.05, 0) is 31.0 Å². The van der Waals surface area contributed by atoms with Gasteiger partial charge in [0.05, 0.1) is 0 Å². The molecule has 1 aromatic carbocycles. The fourth-order valence-electron chi connectivity index (χ4n) is 1.91. The summed E-state index contributed by atoms with van der Waals surface area (Å²) >= 11 is 0. The van der Waals surface area contributed by atoms with Crippen molar-refractivity contribution in [1.29, 1.82) is 0 Å². The number of halogens is 1. The van der Waals surface area contributed by atoms with Crippen molar-refractivity contribution in [2.75, 3.05) is 13.1 Å². The molecule has 0 aliphatic carbocycles. The molecule has 3 nitrogen and oxygen atoms in total. The predicted octanol–water partition coefficient (Wildman–Crippen LogP) is 1.39. The summed E-state index contributed by atoms with van der Waals surface area (Å²) in [7, 11) is 0. The van der Waals surface area contributed by atoms with Gasteiger partial charge in [0.1, 0.15) is 5.82 Å². The lowest BCUT2D eigenvalue weighted by molar-refractivity contribution is 0.0714. The van der Waals surface area contributed by atoms with Crippen molar-refractivity contribution in [3.8, 4) is 0 Å². The molecule has 1 heterocycles. The molecular weight excluding hydrogens is 207 g/mol. The van der Waals surface area contributed by atoms with E-state index in [0.29, 0.717) is 18.7 Å². The first-order valence-corrected chi connectivity index (χ1v) is 5.47. The molecule has 0 radical (unpaired) electrons. The van der Waals surface area contributed by atoms with Crippen molar-refractivity contribution in [3.05, 3.63) is 35.6 Å². The number of rotatable bonds is 1. The van der Waals surface area contributed by atoms with Gasteiger partial charge in [-0.1, -0.05) is 6.07 Å². The standard InChI is InChI=1S/C12H15FN2O/c13-10-3-1-2-9(8-10)12(16)15-6-4-11(14)5-7-15/h1-3,8,11H,4-7,14H2. The Bertz CT molecular complexity index is 386. The summed E-state index contributed by atoms with van der Waals surface area (Å²) in [6.07, 6.45) is 1.64. The molecule has 86 valence electrons. The quantitative estimate of drug-likeness (QED) is 0.780. The first kappa shape index (κ1) is 11.1. The summed E-state index contributed by atoms with van der Waals surface area (Å²) in [6, 6.07) is 5.99. The first-order valence-electron chi connectivity index (χ1n) is 5.47. The fourth-order valence-corrected chi connectivity index (χ4v) is 1.91. The topological polar surface area (TPSA) is 46.3 Å². The van der Waals surface area contributed by atoms with Crippen molar-refractivity contribution in [2.45, 2.75) is 18.9 Å².